The Morgan fingerprint density at radius 2 is 1.96 bits per heavy atom. The number of hydrogen-bond donors (Lipinski definition) is 1. The highest BCUT2D eigenvalue weighted by atomic mass is 16.2. The van der Waals surface area contributed by atoms with Gasteiger partial charge in [0.15, 0.2) is 0 Å². The molecule has 0 fully saturated rings. The number of rotatable bonds is 5. The summed E-state index contributed by atoms with van der Waals surface area (Å²) in [6.45, 7) is 2.32. The third-order valence-electron chi connectivity index (χ3n) is 3.72. The number of nitrogens with zero attached hydrogens (tertiary/aromatic N) is 3. The van der Waals surface area contributed by atoms with Gasteiger partial charge in [-0.3, -0.25) is 14.5 Å². The van der Waals surface area contributed by atoms with Gasteiger partial charge < -0.3 is 5.32 Å². The SMILES string of the molecule is CC(C(=O)NCc1ccc(-c2cccnc2)cc1)n1cccn1. The minimum absolute atomic E-state index is 0.0509. The van der Waals surface area contributed by atoms with Crippen LogP contribution in [0.2, 0.25) is 0 Å². The number of benzene rings is 1. The van der Waals surface area contributed by atoms with E-state index >= 15 is 0 Å². The van der Waals surface area contributed by atoms with Crippen LogP contribution in [0.4, 0.5) is 0 Å². The summed E-state index contributed by atoms with van der Waals surface area (Å²) in [6, 6.07) is 13.5. The minimum atomic E-state index is -0.320. The van der Waals surface area contributed by atoms with Crippen LogP contribution < -0.4 is 5.32 Å². The molecule has 1 N–H and O–H groups in total. The molecule has 2 aromatic heterocycles. The van der Waals surface area contributed by atoms with Crippen LogP contribution in [0.5, 0.6) is 0 Å². The maximum Gasteiger partial charge on any atom is 0.244 e. The van der Waals surface area contributed by atoms with Crippen molar-refractivity contribution in [3.05, 3.63) is 72.8 Å². The highest BCUT2D eigenvalue weighted by Gasteiger charge is 2.14. The van der Waals surface area contributed by atoms with Gasteiger partial charge >= 0.3 is 0 Å². The molecule has 0 saturated carbocycles. The van der Waals surface area contributed by atoms with E-state index in [4.69, 9.17) is 0 Å². The molecule has 0 aliphatic carbocycles. The third-order valence-corrected chi connectivity index (χ3v) is 3.72. The van der Waals surface area contributed by atoms with E-state index in [9.17, 15) is 4.79 Å². The van der Waals surface area contributed by atoms with E-state index in [1.165, 1.54) is 0 Å². The molecule has 2 heterocycles. The van der Waals surface area contributed by atoms with E-state index < -0.39 is 0 Å². The quantitative estimate of drug-likeness (QED) is 0.788. The maximum absolute atomic E-state index is 12.1. The average molecular weight is 306 g/mol. The second-order valence-electron chi connectivity index (χ2n) is 5.32. The molecule has 0 saturated heterocycles. The fourth-order valence-electron chi connectivity index (χ4n) is 2.32. The van der Waals surface area contributed by atoms with Crippen LogP contribution in [0.1, 0.15) is 18.5 Å². The monoisotopic (exact) mass is 306 g/mol. The molecule has 0 spiro atoms. The van der Waals surface area contributed by atoms with Gasteiger partial charge in [-0.1, -0.05) is 30.3 Å². The van der Waals surface area contributed by atoms with Crippen LogP contribution in [-0.4, -0.2) is 20.7 Å². The van der Waals surface area contributed by atoms with Crippen LogP contribution in [0, 0.1) is 0 Å². The molecule has 3 rings (SSSR count). The molecule has 0 aliphatic heterocycles. The highest BCUT2D eigenvalue weighted by Crippen LogP contribution is 2.18. The molecule has 23 heavy (non-hydrogen) atoms. The number of aromatic nitrogens is 3. The van der Waals surface area contributed by atoms with Crippen LogP contribution in [-0.2, 0) is 11.3 Å². The Morgan fingerprint density at radius 1 is 1.13 bits per heavy atom. The van der Waals surface area contributed by atoms with Crippen molar-refractivity contribution in [2.45, 2.75) is 19.5 Å². The van der Waals surface area contributed by atoms with Crippen molar-refractivity contribution >= 4 is 5.91 Å². The molecule has 1 aromatic carbocycles. The summed E-state index contributed by atoms with van der Waals surface area (Å²) in [5.74, 6) is -0.0509. The summed E-state index contributed by atoms with van der Waals surface area (Å²) < 4.78 is 1.64. The molecule has 0 radical (unpaired) electrons. The topological polar surface area (TPSA) is 59.8 Å². The lowest BCUT2D eigenvalue weighted by molar-refractivity contribution is -0.124. The number of carbonyl (C=O) groups excluding carboxylic acids is 1. The van der Waals surface area contributed by atoms with Crippen molar-refractivity contribution in [1.82, 2.24) is 20.1 Å². The largest absolute Gasteiger partial charge is 0.350 e. The van der Waals surface area contributed by atoms with Crippen molar-refractivity contribution in [2.75, 3.05) is 0 Å². The Hall–Kier alpha value is -2.95. The molecule has 0 aliphatic rings. The first-order valence-electron chi connectivity index (χ1n) is 7.50. The standard InChI is InChI=1S/C18H18N4O/c1-14(22-11-3-10-21-22)18(23)20-12-15-5-7-16(8-6-15)17-4-2-9-19-13-17/h2-11,13-14H,12H2,1H3,(H,20,23). The Balaban J connectivity index is 1.60. The van der Waals surface area contributed by atoms with E-state index in [-0.39, 0.29) is 11.9 Å². The Kier molecular flexibility index (Phi) is 4.47. The normalized spacial score (nSPS) is 11.9. The predicted molar refractivity (Wildman–Crippen MR) is 88.5 cm³/mol. The van der Waals surface area contributed by atoms with Crippen molar-refractivity contribution in [2.24, 2.45) is 0 Å². The van der Waals surface area contributed by atoms with Crippen LogP contribution in [0.15, 0.2) is 67.3 Å². The van der Waals surface area contributed by atoms with Crippen LogP contribution >= 0.6 is 0 Å². The van der Waals surface area contributed by atoms with Crippen molar-refractivity contribution in [3.8, 4) is 11.1 Å². The second kappa shape index (κ2) is 6.87. The van der Waals surface area contributed by atoms with Gasteiger partial charge in [-0.25, -0.2) is 0 Å². The number of carbonyl (C=O) groups is 1. The van der Waals surface area contributed by atoms with E-state index in [0.29, 0.717) is 6.54 Å². The molecule has 3 aromatic rings. The highest BCUT2D eigenvalue weighted by molar-refractivity contribution is 5.79. The molecule has 1 unspecified atom stereocenters. The minimum Gasteiger partial charge on any atom is -0.350 e. The van der Waals surface area contributed by atoms with Gasteiger partial charge in [0.25, 0.3) is 0 Å². The van der Waals surface area contributed by atoms with Crippen molar-refractivity contribution in [1.29, 1.82) is 0 Å². The Bertz CT molecular complexity index is 751. The molecule has 5 nitrogen and oxygen atoms in total. The molecular weight excluding hydrogens is 288 g/mol. The average Bonchev–Trinajstić information content (AvgIpc) is 3.15. The number of nitrogens with one attached hydrogen (secondary N) is 1. The lowest BCUT2D eigenvalue weighted by atomic mass is 10.1. The molecule has 0 bridgehead atoms. The fraction of sp³-hybridized carbons (Fsp3) is 0.167. The summed E-state index contributed by atoms with van der Waals surface area (Å²) in [4.78, 5) is 16.2. The van der Waals surface area contributed by atoms with Gasteiger partial charge in [-0.15, -0.1) is 0 Å². The number of amides is 1. The van der Waals surface area contributed by atoms with Gasteiger partial charge in [0.2, 0.25) is 5.91 Å². The Labute approximate surface area is 135 Å². The lowest BCUT2D eigenvalue weighted by Gasteiger charge is -2.13. The zero-order valence-corrected chi connectivity index (χ0v) is 12.9. The number of hydrogen-bond acceptors (Lipinski definition) is 3. The summed E-state index contributed by atoms with van der Waals surface area (Å²) in [5, 5.41) is 7.02. The zero-order chi connectivity index (χ0) is 16.1. The Morgan fingerprint density at radius 3 is 2.61 bits per heavy atom. The van der Waals surface area contributed by atoms with Gasteiger partial charge in [0.05, 0.1) is 0 Å². The van der Waals surface area contributed by atoms with Gasteiger partial charge in [-0.2, -0.15) is 5.10 Å². The zero-order valence-electron chi connectivity index (χ0n) is 12.9. The van der Waals surface area contributed by atoms with Gasteiger partial charge in [0.1, 0.15) is 6.04 Å². The molecule has 1 amide bonds. The predicted octanol–water partition coefficient (Wildman–Crippen LogP) is 2.82. The molecule has 1 atom stereocenters. The van der Waals surface area contributed by atoms with E-state index in [1.54, 1.807) is 29.3 Å². The molecular formula is C18H18N4O. The summed E-state index contributed by atoms with van der Waals surface area (Å²) in [6.07, 6.45) is 7.05. The van der Waals surface area contributed by atoms with Gasteiger partial charge in [0, 0.05) is 31.3 Å². The first kappa shape index (κ1) is 15.0. The summed E-state index contributed by atoms with van der Waals surface area (Å²) >= 11 is 0. The van der Waals surface area contributed by atoms with Crippen LogP contribution in [0.25, 0.3) is 11.1 Å². The molecule has 5 heteroatoms. The number of pyridine rings is 1. The second-order valence-corrected chi connectivity index (χ2v) is 5.32. The van der Waals surface area contributed by atoms with Gasteiger partial charge in [-0.05, 0) is 35.7 Å². The first-order chi connectivity index (χ1) is 11.2. The summed E-state index contributed by atoms with van der Waals surface area (Å²) in [7, 11) is 0. The van der Waals surface area contributed by atoms with Crippen LogP contribution in [0.3, 0.4) is 0 Å². The van der Waals surface area contributed by atoms with Crippen molar-refractivity contribution < 1.29 is 4.79 Å². The first-order valence-corrected chi connectivity index (χ1v) is 7.50. The third kappa shape index (κ3) is 3.63. The maximum atomic E-state index is 12.1. The smallest absolute Gasteiger partial charge is 0.244 e. The van der Waals surface area contributed by atoms with E-state index in [1.807, 2.05) is 49.5 Å². The van der Waals surface area contributed by atoms with E-state index in [0.717, 1.165) is 16.7 Å². The van der Waals surface area contributed by atoms with Crippen molar-refractivity contribution in [3.63, 3.8) is 0 Å². The lowest BCUT2D eigenvalue weighted by Crippen LogP contribution is -2.30. The van der Waals surface area contributed by atoms with E-state index in [2.05, 4.69) is 15.4 Å². The fourth-order valence-corrected chi connectivity index (χ4v) is 2.32. The summed E-state index contributed by atoms with van der Waals surface area (Å²) in [5.41, 5.74) is 3.24. The molecule has 116 valence electrons.